The topological polar surface area (TPSA) is 109 Å². The summed E-state index contributed by atoms with van der Waals surface area (Å²) in [6.45, 7) is 9.04. The van der Waals surface area contributed by atoms with E-state index < -0.39 is 11.8 Å². The maximum Gasteiger partial charge on any atom is 0.313 e. The third kappa shape index (κ3) is 5.38. The number of nitrogens with zero attached hydrogens (tertiary/aromatic N) is 5. The number of rotatable bonds is 4. The molecule has 0 spiro atoms. The molecule has 2 fully saturated rings. The zero-order chi connectivity index (χ0) is 27.0. The van der Waals surface area contributed by atoms with Crippen molar-refractivity contribution in [2.24, 2.45) is 11.8 Å². The molecule has 2 saturated heterocycles. The molecule has 1 aromatic carbocycles. The molecule has 0 saturated carbocycles. The summed E-state index contributed by atoms with van der Waals surface area (Å²) in [4.78, 5) is 34.7. The van der Waals surface area contributed by atoms with E-state index in [1.807, 2.05) is 6.92 Å². The molecule has 0 radical (unpaired) electrons. The van der Waals surface area contributed by atoms with E-state index in [4.69, 9.17) is 10.8 Å². The highest BCUT2D eigenvalue weighted by Crippen LogP contribution is 2.35. The molecule has 0 bridgehead atoms. The monoisotopic (exact) mass is 517 g/mol. The number of likely N-dealkylation sites (tertiary alicyclic amines) is 2. The van der Waals surface area contributed by atoms with Gasteiger partial charge in [0.05, 0.1) is 29.5 Å². The Bertz CT molecular complexity index is 1330. The average Bonchev–Trinajstić information content (AvgIpc) is 3.32. The van der Waals surface area contributed by atoms with Crippen LogP contribution >= 0.6 is 0 Å². The van der Waals surface area contributed by atoms with E-state index in [9.17, 15) is 9.59 Å². The van der Waals surface area contributed by atoms with Gasteiger partial charge in [-0.1, -0.05) is 32.9 Å². The summed E-state index contributed by atoms with van der Waals surface area (Å²) < 4.78 is 2.12. The molecular formula is C29H39N7O2. The van der Waals surface area contributed by atoms with Gasteiger partial charge in [-0.15, -0.1) is 0 Å². The number of piperidine rings is 2. The number of pyridine rings is 1. The second-order valence-electron chi connectivity index (χ2n) is 11.4. The fourth-order valence-electron chi connectivity index (χ4n) is 6.13. The Morgan fingerprint density at radius 3 is 2.68 bits per heavy atom. The number of hydrogen-bond acceptors (Lipinski definition) is 6. The molecule has 9 nitrogen and oxygen atoms in total. The quantitative estimate of drug-likeness (QED) is 0.506. The van der Waals surface area contributed by atoms with Gasteiger partial charge >= 0.3 is 11.8 Å². The van der Waals surface area contributed by atoms with Gasteiger partial charge < -0.3 is 20.9 Å². The molecule has 38 heavy (non-hydrogen) atoms. The van der Waals surface area contributed by atoms with Gasteiger partial charge in [0.2, 0.25) is 0 Å². The largest absolute Gasteiger partial charge is 0.383 e. The first-order valence-corrected chi connectivity index (χ1v) is 13.8. The van der Waals surface area contributed by atoms with Crippen molar-refractivity contribution in [1.82, 2.24) is 24.6 Å². The zero-order valence-corrected chi connectivity index (χ0v) is 22.9. The fraction of sp³-hybridized carbons (Fsp3) is 0.517. The number of benzene rings is 1. The smallest absolute Gasteiger partial charge is 0.313 e. The second-order valence-corrected chi connectivity index (χ2v) is 11.4. The van der Waals surface area contributed by atoms with E-state index in [-0.39, 0.29) is 6.04 Å². The highest BCUT2D eigenvalue weighted by Gasteiger charge is 2.34. The molecule has 202 valence electrons. The molecule has 3 N–H and O–H groups in total. The van der Waals surface area contributed by atoms with Gasteiger partial charge in [-0.25, -0.2) is 4.98 Å². The number of amides is 2. The summed E-state index contributed by atoms with van der Waals surface area (Å²) in [5.41, 5.74) is 9.16. The predicted molar refractivity (Wildman–Crippen MR) is 150 cm³/mol. The van der Waals surface area contributed by atoms with E-state index in [1.165, 1.54) is 6.20 Å². The molecule has 2 aliphatic heterocycles. The maximum atomic E-state index is 13.4. The molecular weight excluding hydrogens is 478 g/mol. The lowest BCUT2D eigenvalue weighted by Gasteiger charge is -2.38. The van der Waals surface area contributed by atoms with Crippen LogP contribution in [0.25, 0.3) is 10.9 Å². The summed E-state index contributed by atoms with van der Waals surface area (Å²) in [7, 11) is 2.17. The second kappa shape index (κ2) is 10.7. The number of nitrogen functional groups attached to an aromatic ring is 1. The third-order valence-corrected chi connectivity index (χ3v) is 8.04. The zero-order valence-electron chi connectivity index (χ0n) is 22.9. The molecule has 3 aromatic rings. The molecule has 4 atom stereocenters. The minimum Gasteiger partial charge on any atom is -0.383 e. The van der Waals surface area contributed by atoms with Crippen LogP contribution in [0.15, 0.2) is 36.7 Å². The van der Waals surface area contributed by atoms with Crippen LogP contribution in [0.3, 0.4) is 0 Å². The van der Waals surface area contributed by atoms with Crippen molar-refractivity contribution in [3.8, 4) is 0 Å². The Morgan fingerprint density at radius 1 is 1.11 bits per heavy atom. The number of fused-ring (bicyclic) bond motifs is 1. The standard InChI is InChI=1S/C29H39N7O2/c1-5-20-11-23(13-31-27(20)30)32-28(37)29(38)35-15-18(2)6-9-26(35)21-7-8-22-16-36(33-25(22)12-21)24-10-19(3)14-34(4)17-24/h7-8,11-13,16,18-19,24,26H,5-6,9-10,14-15,17H2,1-4H3,(H2,30,31)(H,32,37)/t18-,19-,24-,26+/m0/s1. The van der Waals surface area contributed by atoms with Gasteiger partial charge in [0.1, 0.15) is 5.82 Å². The van der Waals surface area contributed by atoms with Crippen molar-refractivity contribution < 1.29 is 9.59 Å². The number of nitrogens with two attached hydrogens (primary N) is 1. The first-order chi connectivity index (χ1) is 18.2. The first-order valence-electron chi connectivity index (χ1n) is 13.8. The van der Waals surface area contributed by atoms with Gasteiger partial charge in [-0.2, -0.15) is 5.10 Å². The van der Waals surface area contributed by atoms with E-state index in [0.29, 0.717) is 42.3 Å². The summed E-state index contributed by atoms with van der Waals surface area (Å²) >= 11 is 0. The molecule has 2 aromatic heterocycles. The van der Waals surface area contributed by atoms with Crippen LogP contribution in [0.2, 0.25) is 0 Å². The lowest BCUT2D eigenvalue weighted by molar-refractivity contribution is -0.146. The Morgan fingerprint density at radius 2 is 1.92 bits per heavy atom. The minimum absolute atomic E-state index is 0.171. The normalized spacial score (nSPS) is 24.5. The molecule has 5 rings (SSSR count). The number of aromatic nitrogens is 3. The van der Waals surface area contributed by atoms with Crippen LogP contribution < -0.4 is 11.1 Å². The van der Waals surface area contributed by atoms with Gasteiger partial charge in [0.25, 0.3) is 0 Å². The van der Waals surface area contributed by atoms with Crippen LogP contribution in [0.1, 0.15) is 63.2 Å². The van der Waals surface area contributed by atoms with Crippen molar-refractivity contribution in [2.45, 2.75) is 58.5 Å². The number of likely N-dealkylation sites (N-methyl/N-ethyl adjacent to an activating group) is 1. The number of carbonyl (C=O) groups is 2. The van der Waals surface area contributed by atoms with Gasteiger partial charge in [0, 0.05) is 31.2 Å². The van der Waals surface area contributed by atoms with Crippen LogP contribution in [0.5, 0.6) is 0 Å². The van der Waals surface area contributed by atoms with Crippen LogP contribution in [-0.4, -0.2) is 63.1 Å². The Kier molecular flexibility index (Phi) is 7.38. The SMILES string of the molecule is CCc1cc(NC(=O)C(=O)N2C[C@@H](C)CC[C@@H]2c2ccc3cn([C@H]4C[C@H](C)CN(C)C4)nc3c2)cnc1N. The number of hydrogen-bond donors (Lipinski definition) is 2. The summed E-state index contributed by atoms with van der Waals surface area (Å²) in [5, 5.41) is 8.78. The van der Waals surface area contributed by atoms with E-state index in [0.717, 1.165) is 54.4 Å². The Balaban J connectivity index is 1.37. The van der Waals surface area contributed by atoms with Crippen molar-refractivity contribution in [1.29, 1.82) is 0 Å². The van der Waals surface area contributed by atoms with Crippen LogP contribution in [-0.2, 0) is 16.0 Å². The number of nitrogens with one attached hydrogen (secondary N) is 1. The highest BCUT2D eigenvalue weighted by atomic mass is 16.2. The van der Waals surface area contributed by atoms with Gasteiger partial charge in [-0.05, 0) is 67.8 Å². The molecule has 4 heterocycles. The molecule has 2 amide bonds. The first kappa shape index (κ1) is 26.2. The predicted octanol–water partition coefficient (Wildman–Crippen LogP) is 4.03. The number of aryl methyl sites for hydroxylation is 1. The summed E-state index contributed by atoms with van der Waals surface area (Å²) in [6.07, 6.45) is 7.24. The minimum atomic E-state index is -0.654. The van der Waals surface area contributed by atoms with Crippen molar-refractivity contribution >= 4 is 34.2 Å². The van der Waals surface area contributed by atoms with E-state index in [1.54, 1.807) is 11.0 Å². The Hall–Kier alpha value is -3.46. The van der Waals surface area contributed by atoms with Crippen molar-refractivity contribution in [2.75, 3.05) is 37.7 Å². The molecule has 2 aliphatic rings. The van der Waals surface area contributed by atoms with E-state index >= 15 is 0 Å². The molecule has 9 heteroatoms. The lowest BCUT2D eigenvalue weighted by atomic mass is 9.89. The molecule has 0 aliphatic carbocycles. The van der Waals surface area contributed by atoms with E-state index in [2.05, 4.69) is 65.2 Å². The molecule has 0 unspecified atom stereocenters. The van der Waals surface area contributed by atoms with Crippen molar-refractivity contribution in [3.05, 3.63) is 47.8 Å². The van der Waals surface area contributed by atoms with Crippen molar-refractivity contribution in [3.63, 3.8) is 0 Å². The number of carbonyl (C=O) groups excluding carboxylic acids is 2. The fourth-order valence-corrected chi connectivity index (χ4v) is 6.13. The van der Waals surface area contributed by atoms with Gasteiger partial charge in [0.15, 0.2) is 0 Å². The summed E-state index contributed by atoms with van der Waals surface area (Å²) in [5.74, 6) is 0.208. The van der Waals surface area contributed by atoms with Crippen LogP contribution in [0.4, 0.5) is 11.5 Å². The lowest BCUT2D eigenvalue weighted by Crippen LogP contribution is -2.46. The third-order valence-electron chi connectivity index (χ3n) is 8.04. The maximum absolute atomic E-state index is 13.4. The average molecular weight is 518 g/mol. The summed E-state index contributed by atoms with van der Waals surface area (Å²) in [6, 6.07) is 8.23. The number of anilines is 2. The Labute approximate surface area is 224 Å². The van der Waals surface area contributed by atoms with Gasteiger partial charge in [-0.3, -0.25) is 14.3 Å². The highest BCUT2D eigenvalue weighted by molar-refractivity contribution is 6.39. The van der Waals surface area contributed by atoms with Crippen LogP contribution in [0, 0.1) is 11.8 Å².